The van der Waals surface area contributed by atoms with Crippen LogP contribution in [0.15, 0.2) is 11.0 Å². The minimum atomic E-state index is -1.83. The smallest absolute Gasteiger partial charge is 0.351 e. The van der Waals surface area contributed by atoms with Gasteiger partial charge in [-0.3, -0.25) is 4.57 Å². The number of anilines is 1. The number of hydrogen-bond donors (Lipinski definition) is 4. The number of aliphatic hydroxyl groups excluding tert-OH is 2. The number of nitrogen functional groups attached to an aromatic ring is 1. The first-order chi connectivity index (χ1) is 9.85. The zero-order valence-electron chi connectivity index (χ0n) is 10.5. The Morgan fingerprint density at radius 2 is 2.33 bits per heavy atom. The number of nitrogens with zero attached hydrogens (tertiary/aromatic N) is 2. The Balaban J connectivity index is 2.58. The van der Waals surface area contributed by atoms with Crippen LogP contribution in [0.3, 0.4) is 0 Å². The van der Waals surface area contributed by atoms with Crippen LogP contribution in [0, 0.1) is 17.1 Å². The topological polar surface area (TPSA) is 137 Å². The average molecular weight is 319 g/mol. The van der Waals surface area contributed by atoms with Crippen molar-refractivity contribution in [3.8, 4) is 11.3 Å². The molecule has 3 unspecified atom stereocenters. The van der Waals surface area contributed by atoms with Gasteiger partial charge in [-0.1, -0.05) is 5.92 Å². The van der Waals surface area contributed by atoms with Gasteiger partial charge < -0.3 is 26.4 Å². The minimum absolute atomic E-state index is 0.583. The van der Waals surface area contributed by atoms with E-state index in [4.69, 9.17) is 32.9 Å². The molecule has 1 aliphatic rings. The van der Waals surface area contributed by atoms with E-state index in [1.807, 2.05) is 5.38 Å². The van der Waals surface area contributed by atoms with E-state index in [0.29, 0.717) is 4.57 Å². The van der Waals surface area contributed by atoms with E-state index in [1.165, 1.54) is 0 Å². The Morgan fingerprint density at radius 1 is 1.67 bits per heavy atom. The van der Waals surface area contributed by atoms with Crippen LogP contribution in [0.2, 0.25) is 0 Å². The van der Waals surface area contributed by atoms with Crippen molar-refractivity contribution >= 4 is 17.4 Å². The molecule has 10 heteroatoms. The maximum atomic E-state index is 13.5. The molecule has 1 fully saturated rings. The quantitative estimate of drug-likeness (QED) is 0.468. The number of rotatable bonds is 2. The zero-order valence-corrected chi connectivity index (χ0v) is 11.3. The molecular formula is C11H12ClFN4O4. The summed E-state index contributed by atoms with van der Waals surface area (Å²) in [5.74, 6) is 0.756. The lowest BCUT2D eigenvalue weighted by atomic mass is 9.92. The van der Waals surface area contributed by atoms with Gasteiger partial charge >= 0.3 is 5.69 Å². The predicted octanol–water partition coefficient (Wildman–Crippen LogP) is -1.89. The summed E-state index contributed by atoms with van der Waals surface area (Å²) in [6, 6.07) is 0. The molecule has 1 saturated heterocycles. The largest absolute Gasteiger partial charge is 0.394 e. The second-order valence-electron chi connectivity index (χ2n) is 4.47. The van der Waals surface area contributed by atoms with Crippen LogP contribution in [0.25, 0.3) is 0 Å². The lowest BCUT2D eigenvalue weighted by Crippen LogP contribution is -2.55. The molecule has 1 aliphatic heterocycles. The van der Waals surface area contributed by atoms with E-state index in [0.717, 1.165) is 6.20 Å². The molecule has 0 bridgehead atoms. The van der Waals surface area contributed by atoms with Crippen LogP contribution >= 0.6 is 11.6 Å². The van der Waals surface area contributed by atoms with Crippen molar-refractivity contribution in [3.05, 3.63) is 22.5 Å². The van der Waals surface area contributed by atoms with Gasteiger partial charge in [-0.2, -0.15) is 4.98 Å². The second-order valence-corrected chi connectivity index (χ2v) is 4.66. The van der Waals surface area contributed by atoms with Crippen molar-refractivity contribution < 1.29 is 19.3 Å². The van der Waals surface area contributed by atoms with Gasteiger partial charge in [0.05, 0.1) is 12.8 Å². The third-order valence-corrected chi connectivity index (χ3v) is 3.28. The fourth-order valence-electron chi connectivity index (χ4n) is 2.09. The van der Waals surface area contributed by atoms with E-state index in [2.05, 4.69) is 10.9 Å². The lowest BCUT2D eigenvalue weighted by Gasteiger charge is -2.27. The Morgan fingerprint density at radius 3 is 2.90 bits per heavy atom. The molecule has 4 atom stereocenters. The maximum absolute atomic E-state index is 13.5. The molecule has 0 aliphatic carbocycles. The first-order valence-electron chi connectivity index (χ1n) is 5.75. The highest BCUT2D eigenvalue weighted by atomic mass is 35.5. The monoisotopic (exact) mass is 318 g/mol. The van der Waals surface area contributed by atoms with Crippen LogP contribution in [0.4, 0.5) is 10.2 Å². The van der Waals surface area contributed by atoms with Gasteiger partial charge in [-0.15, -0.1) is 0 Å². The summed E-state index contributed by atoms with van der Waals surface area (Å²) in [6.07, 6.45) is -3.23. The number of aromatic nitrogens is 2. The van der Waals surface area contributed by atoms with Crippen molar-refractivity contribution in [2.24, 2.45) is 5.73 Å². The summed E-state index contributed by atoms with van der Waals surface area (Å²) in [6.45, 7) is -0.583. The van der Waals surface area contributed by atoms with Gasteiger partial charge in [-0.25, -0.2) is 9.18 Å². The van der Waals surface area contributed by atoms with Gasteiger partial charge in [0.1, 0.15) is 12.2 Å². The first kappa shape index (κ1) is 15.7. The zero-order chi connectivity index (χ0) is 15.8. The van der Waals surface area contributed by atoms with Crippen molar-refractivity contribution in [2.75, 3.05) is 12.3 Å². The normalized spacial score (nSPS) is 31.8. The highest BCUT2D eigenvalue weighted by Gasteiger charge is 2.54. The molecule has 21 heavy (non-hydrogen) atoms. The standard InChI is InChI=1S/C11H12ClFN4O4/c12-2-1-11(15)7(19)6(4-18)21-9(11)17-3-5(13)8(14)16-10(17)20/h3,6-7,9,18-19H,4,15H2,(H2,14,16,20)/t6?,7-,9?,11?/m0/s1. The summed E-state index contributed by atoms with van der Waals surface area (Å²) < 4.78 is 19.5. The number of nitrogens with two attached hydrogens (primary N) is 2. The number of hydrogen-bond acceptors (Lipinski definition) is 7. The summed E-state index contributed by atoms with van der Waals surface area (Å²) >= 11 is 5.31. The second kappa shape index (κ2) is 5.59. The van der Waals surface area contributed by atoms with Gasteiger partial charge in [0.15, 0.2) is 23.4 Å². The minimum Gasteiger partial charge on any atom is -0.394 e. The summed E-state index contributed by atoms with van der Waals surface area (Å²) in [7, 11) is 0. The predicted molar refractivity (Wildman–Crippen MR) is 70.4 cm³/mol. The molecule has 0 saturated carbocycles. The van der Waals surface area contributed by atoms with Crippen molar-refractivity contribution in [1.29, 1.82) is 0 Å². The van der Waals surface area contributed by atoms with Crippen molar-refractivity contribution in [1.82, 2.24) is 9.55 Å². The van der Waals surface area contributed by atoms with Gasteiger partial charge in [0.2, 0.25) is 0 Å². The molecular weight excluding hydrogens is 307 g/mol. The average Bonchev–Trinajstić information content (AvgIpc) is 2.67. The molecule has 0 aromatic carbocycles. The van der Waals surface area contributed by atoms with Gasteiger partial charge in [0.25, 0.3) is 0 Å². The molecule has 8 nitrogen and oxygen atoms in total. The van der Waals surface area contributed by atoms with Crippen molar-refractivity contribution in [2.45, 2.75) is 24.0 Å². The Labute approximate surface area is 123 Å². The maximum Gasteiger partial charge on any atom is 0.351 e. The molecule has 1 aromatic rings. The fourth-order valence-corrected chi connectivity index (χ4v) is 2.25. The van der Waals surface area contributed by atoms with Crippen LogP contribution in [0.5, 0.6) is 0 Å². The van der Waals surface area contributed by atoms with Gasteiger partial charge in [-0.05, 0) is 11.6 Å². The molecule has 2 heterocycles. The van der Waals surface area contributed by atoms with Gasteiger partial charge in [0, 0.05) is 5.38 Å². The van der Waals surface area contributed by atoms with E-state index in [-0.39, 0.29) is 0 Å². The van der Waals surface area contributed by atoms with E-state index in [9.17, 15) is 14.3 Å². The van der Waals surface area contributed by atoms with Crippen molar-refractivity contribution in [3.63, 3.8) is 0 Å². The summed E-state index contributed by atoms with van der Waals surface area (Å²) in [4.78, 5) is 15.1. The van der Waals surface area contributed by atoms with Crippen LogP contribution in [-0.4, -0.2) is 44.1 Å². The Kier molecular flexibility index (Phi) is 4.18. The Bertz CT molecular complexity index is 672. The first-order valence-corrected chi connectivity index (χ1v) is 6.13. The molecule has 2 rings (SSSR count). The molecule has 6 N–H and O–H groups in total. The summed E-state index contributed by atoms with van der Waals surface area (Å²) in [5, 5.41) is 21.2. The number of ether oxygens (including phenoxy) is 1. The van der Waals surface area contributed by atoms with Crippen LogP contribution in [-0.2, 0) is 4.74 Å². The molecule has 1 aromatic heterocycles. The SMILES string of the molecule is Nc1nc(=O)n(C2OC(CO)[C@H](O)C2(N)C#CCl)cc1F. The molecule has 0 amide bonds. The summed E-state index contributed by atoms with van der Waals surface area (Å²) in [5.41, 5.74) is 8.33. The van der Waals surface area contributed by atoms with E-state index < -0.39 is 47.9 Å². The third-order valence-electron chi connectivity index (χ3n) is 3.18. The molecule has 114 valence electrons. The Hall–Kier alpha value is -1.70. The van der Waals surface area contributed by atoms with E-state index >= 15 is 0 Å². The third kappa shape index (κ3) is 2.48. The molecule has 0 radical (unpaired) electrons. The highest BCUT2D eigenvalue weighted by Crippen LogP contribution is 2.35. The highest BCUT2D eigenvalue weighted by molar-refractivity contribution is 6.30. The number of halogens is 2. The van der Waals surface area contributed by atoms with Crippen LogP contribution < -0.4 is 17.2 Å². The van der Waals surface area contributed by atoms with E-state index in [1.54, 1.807) is 0 Å². The number of aliphatic hydroxyl groups is 2. The fraction of sp³-hybridized carbons (Fsp3) is 0.455. The lowest BCUT2D eigenvalue weighted by molar-refractivity contribution is -0.0479. The molecule has 0 spiro atoms. The van der Waals surface area contributed by atoms with Crippen LogP contribution in [0.1, 0.15) is 6.23 Å².